The number of piperazine rings is 1. The highest BCUT2D eigenvalue weighted by Crippen LogP contribution is 2.35. The minimum Gasteiger partial charge on any atom is -0.502 e. The van der Waals surface area contributed by atoms with Crippen molar-refractivity contribution in [1.29, 1.82) is 0 Å². The largest absolute Gasteiger partial charge is 0.502 e. The SMILES string of the molecule is CS(=O)(=O)N1CCN(Cc2oc(CN3C[C@@H]4C[C@H](C3)c3cccc(=O)n3C4)cc(=O)c2O)CC1. The zero-order valence-corrected chi connectivity index (χ0v) is 20.0. The molecule has 0 unspecified atom stereocenters. The molecule has 0 amide bonds. The number of nitrogens with zero attached hydrogens (tertiary/aromatic N) is 4. The average molecular weight is 491 g/mol. The van der Waals surface area contributed by atoms with Gasteiger partial charge in [-0.05, 0) is 18.4 Å². The second-order valence-corrected chi connectivity index (χ2v) is 11.7. The Labute approximate surface area is 198 Å². The highest BCUT2D eigenvalue weighted by atomic mass is 32.2. The van der Waals surface area contributed by atoms with Crippen LogP contribution in [0.3, 0.4) is 0 Å². The molecule has 2 saturated heterocycles. The molecule has 2 bridgehead atoms. The molecule has 1 N–H and O–H groups in total. The van der Waals surface area contributed by atoms with Crippen LogP contribution in [0.5, 0.6) is 5.75 Å². The van der Waals surface area contributed by atoms with Crippen molar-refractivity contribution in [1.82, 2.24) is 18.7 Å². The fourth-order valence-electron chi connectivity index (χ4n) is 5.54. The van der Waals surface area contributed by atoms with Crippen LogP contribution in [-0.2, 0) is 29.7 Å². The molecule has 5 heterocycles. The zero-order chi connectivity index (χ0) is 24.0. The number of fused-ring (bicyclic) bond motifs is 4. The molecule has 2 aromatic heterocycles. The number of hydrogen-bond acceptors (Lipinski definition) is 8. The number of piperidine rings is 1. The molecule has 2 atom stereocenters. The first-order chi connectivity index (χ1) is 16.2. The third-order valence-electron chi connectivity index (χ3n) is 7.15. The second kappa shape index (κ2) is 8.95. The maximum atomic E-state index is 12.5. The molecule has 0 saturated carbocycles. The monoisotopic (exact) mass is 490 g/mol. The lowest BCUT2D eigenvalue weighted by Crippen LogP contribution is -2.47. The van der Waals surface area contributed by atoms with E-state index in [0.717, 1.165) is 25.2 Å². The smallest absolute Gasteiger partial charge is 0.250 e. The highest BCUT2D eigenvalue weighted by Gasteiger charge is 2.35. The average Bonchev–Trinajstić information content (AvgIpc) is 2.78. The van der Waals surface area contributed by atoms with Crippen LogP contribution < -0.4 is 11.0 Å². The Bertz CT molecular complexity index is 1300. The van der Waals surface area contributed by atoms with Crippen LogP contribution in [0.25, 0.3) is 0 Å². The van der Waals surface area contributed by atoms with Crippen LogP contribution >= 0.6 is 0 Å². The van der Waals surface area contributed by atoms with Gasteiger partial charge in [-0.15, -0.1) is 0 Å². The van der Waals surface area contributed by atoms with E-state index in [1.54, 1.807) is 6.07 Å². The van der Waals surface area contributed by atoms with Gasteiger partial charge in [-0.1, -0.05) is 6.07 Å². The summed E-state index contributed by atoms with van der Waals surface area (Å²) in [7, 11) is -3.23. The first kappa shape index (κ1) is 23.3. The van der Waals surface area contributed by atoms with Crippen molar-refractivity contribution in [2.24, 2.45) is 5.92 Å². The van der Waals surface area contributed by atoms with E-state index in [9.17, 15) is 23.1 Å². The third kappa shape index (κ3) is 4.70. The Kier molecular flexibility index (Phi) is 6.13. The van der Waals surface area contributed by atoms with Crippen LogP contribution in [-0.4, -0.2) is 77.7 Å². The van der Waals surface area contributed by atoms with Crippen molar-refractivity contribution >= 4 is 10.0 Å². The van der Waals surface area contributed by atoms with Gasteiger partial charge in [-0.2, -0.15) is 4.31 Å². The van der Waals surface area contributed by atoms with Crippen molar-refractivity contribution in [3.05, 3.63) is 62.1 Å². The van der Waals surface area contributed by atoms with Gasteiger partial charge in [-0.25, -0.2) is 8.42 Å². The summed E-state index contributed by atoms with van der Waals surface area (Å²) in [5, 5.41) is 10.3. The van der Waals surface area contributed by atoms with E-state index in [1.165, 1.54) is 16.6 Å². The van der Waals surface area contributed by atoms with Crippen LogP contribution in [0.15, 0.2) is 38.3 Å². The summed E-state index contributed by atoms with van der Waals surface area (Å²) >= 11 is 0. The van der Waals surface area contributed by atoms with E-state index in [-0.39, 0.29) is 23.8 Å². The predicted molar refractivity (Wildman–Crippen MR) is 125 cm³/mol. The van der Waals surface area contributed by atoms with E-state index in [4.69, 9.17) is 4.42 Å². The second-order valence-electron chi connectivity index (χ2n) is 9.68. The van der Waals surface area contributed by atoms with E-state index in [0.29, 0.717) is 50.9 Å². The van der Waals surface area contributed by atoms with E-state index in [1.807, 2.05) is 21.6 Å². The third-order valence-corrected chi connectivity index (χ3v) is 8.45. The van der Waals surface area contributed by atoms with Crippen molar-refractivity contribution in [2.75, 3.05) is 45.5 Å². The number of pyridine rings is 1. The normalized spacial score (nSPS) is 24.1. The van der Waals surface area contributed by atoms with Crippen molar-refractivity contribution in [3.63, 3.8) is 0 Å². The molecule has 10 nitrogen and oxygen atoms in total. The van der Waals surface area contributed by atoms with Crippen LogP contribution in [0, 0.1) is 5.92 Å². The number of sulfonamides is 1. The highest BCUT2D eigenvalue weighted by molar-refractivity contribution is 7.88. The molecule has 34 heavy (non-hydrogen) atoms. The molecule has 3 aliphatic heterocycles. The number of rotatable bonds is 5. The first-order valence-electron chi connectivity index (χ1n) is 11.6. The topological polar surface area (TPSA) is 116 Å². The fraction of sp³-hybridized carbons (Fsp3) is 0.565. The number of aromatic hydroxyl groups is 1. The lowest BCUT2D eigenvalue weighted by atomic mass is 9.83. The van der Waals surface area contributed by atoms with Gasteiger partial charge in [0.1, 0.15) is 5.76 Å². The van der Waals surface area contributed by atoms with Gasteiger partial charge in [0.25, 0.3) is 5.56 Å². The van der Waals surface area contributed by atoms with Crippen LogP contribution in [0.4, 0.5) is 0 Å². The van der Waals surface area contributed by atoms with Gasteiger partial charge < -0.3 is 14.1 Å². The maximum Gasteiger partial charge on any atom is 0.250 e. The minimum absolute atomic E-state index is 0.0483. The van der Waals surface area contributed by atoms with Crippen LogP contribution in [0.2, 0.25) is 0 Å². The molecule has 0 spiro atoms. The van der Waals surface area contributed by atoms with E-state index in [2.05, 4.69) is 4.90 Å². The Morgan fingerprint density at radius 2 is 1.79 bits per heavy atom. The van der Waals surface area contributed by atoms with Crippen molar-refractivity contribution in [2.45, 2.75) is 32.0 Å². The molecule has 2 aromatic rings. The summed E-state index contributed by atoms with van der Waals surface area (Å²) in [5.74, 6) is 0.942. The minimum atomic E-state index is -3.23. The quantitative estimate of drug-likeness (QED) is 0.632. The Morgan fingerprint density at radius 3 is 2.53 bits per heavy atom. The maximum absolute atomic E-state index is 12.5. The van der Waals surface area contributed by atoms with Gasteiger partial charge >= 0.3 is 0 Å². The molecule has 11 heteroatoms. The molecule has 0 radical (unpaired) electrons. The fourth-order valence-corrected chi connectivity index (χ4v) is 6.37. The molecule has 2 fully saturated rings. The molecular weight excluding hydrogens is 460 g/mol. The standard InChI is InChI=1S/C23H30N4O6S/c1-34(31,32)26-7-5-24(6-8-26)15-21-23(30)20(28)10-18(33-21)14-25-11-16-9-17(13-25)19-3-2-4-22(29)27(19)12-16/h2-4,10,16-17,30H,5-9,11-15H2,1H3/t16-,17+/m0/s1. The van der Waals surface area contributed by atoms with E-state index >= 15 is 0 Å². The van der Waals surface area contributed by atoms with Gasteiger partial charge in [0.2, 0.25) is 21.2 Å². The summed E-state index contributed by atoms with van der Waals surface area (Å²) in [6, 6.07) is 6.79. The lowest BCUT2D eigenvalue weighted by molar-refractivity contribution is 0.104. The van der Waals surface area contributed by atoms with Gasteiger partial charge in [0.15, 0.2) is 5.76 Å². The summed E-state index contributed by atoms with van der Waals surface area (Å²) in [6.45, 7) is 4.70. The molecular formula is C23H30N4O6S. The first-order valence-corrected chi connectivity index (χ1v) is 13.5. The molecule has 5 rings (SSSR count). The predicted octanol–water partition coefficient (Wildman–Crippen LogP) is 0.204. The Balaban J connectivity index is 1.28. The number of aromatic nitrogens is 1. The molecule has 184 valence electrons. The molecule has 0 aromatic carbocycles. The Morgan fingerprint density at radius 1 is 1.03 bits per heavy atom. The number of likely N-dealkylation sites (tertiary alicyclic amines) is 1. The van der Waals surface area contributed by atoms with Gasteiger partial charge in [0.05, 0.1) is 19.3 Å². The van der Waals surface area contributed by atoms with Gasteiger partial charge in [0, 0.05) is 69.6 Å². The Hall–Kier alpha value is -2.47. The summed E-state index contributed by atoms with van der Waals surface area (Å²) in [4.78, 5) is 28.9. The van der Waals surface area contributed by atoms with Crippen molar-refractivity contribution < 1.29 is 17.9 Å². The van der Waals surface area contributed by atoms with Crippen LogP contribution in [0.1, 0.15) is 29.6 Å². The van der Waals surface area contributed by atoms with E-state index < -0.39 is 21.2 Å². The summed E-state index contributed by atoms with van der Waals surface area (Å²) < 4.78 is 32.7. The molecule has 3 aliphatic rings. The van der Waals surface area contributed by atoms with Crippen molar-refractivity contribution in [3.8, 4) is 5.75 Å². The van der Waals surface area contributed by atoms with Gasteiger partial charge in [-0.3, -0.25) is 19.4 Å². The zero-order valence-electron chi connectivity index (χ0n) is 19.2. The summed E-state index contributed by atoms with van der Waals surface area (Å²) in [6.07, 6.45) is 2.24. The number of hydrogen-bond donors (Lipinski definition) is 1. The molecule has 0 aliphatic carbocycles. The summed E-state index contributed by atoms with van der Waals surface area (Å²) in [5.41, 5.74) is 0.641. The lowest BCUT2D eigenvalue weighted by Gasteiger charge is -2.42.